The zero-order valence-electron chi connectivity index (χ0n) is 15.4. The van der Waals surface area contributed by atoms with Gasteiger partial charge >= 0.3 is 5.97 Å². The van der Waals surface area contributed by atoms with Crippen molar-refractivity contribution in [2.75, 3.05) is 13.7 Å². The number of esters is 1. The molecule has 0 saturated heterocycles. The van der Waals surface area contributed by atoms with Gasteiger partial charge in [-0.3, -0.25) is 9.59 Å². The van der Waals surface area contributed by atoms with Gasteiger partial charge in [-0.25, -0.2) is 0 Å². The molecule has 0 bridgehead atoms. The van der Waals surface area contributed by atoms with Gasteiger partial charge in [0.2, 0.25) is 0 Å². The average Bonchev–Trinajstić information content (AvgIpc) is 3.22. The largest absolute Gasteiger partial charge is 0.496 e. The molecule has 3 rings (SSSR count). The fourth-order valence-electron chi connectivity index (χ4n) is 2.55. The van der Waals surface area contributed by atoms with Gasteiger partial charge in [0.15, 0.2) is 5.76 Å². The topological polar surface area (TPSA) is 90.7 Å². The van der Waals surface area contributed by atoms with Crippen LogP contribution >= 0.6 is 0 Å². The summed E-state index contributed by atoms with van der Waals surface area (Å²) in [7, 11) is 1.50. The zero-order valence-corrected chi connectivity index (χ0v) is 15.4. The highest BCUT2D eigenvalue weighted by Crippen LogP contribution is 2.20. The van der Waals surface area contributed by atoms with Crippen LogP contribution in [0.3, 0.4) is 0 Å². The molecule has 1 heterocycles. The van der Waals surface area contributed by atoms with E-state index in [-0.39, 0.29) is 25.5 Å². The lowest BCUT2D eigenvalue weighted by Gasteiger charge is -2.08. The molecular formula is C21H20N2O5. The molecule has 0 aliphatic heterocycles. The molecule has 0 saturated carbocycles. The van der Waals surface area contributed by atoms with Crippen LogP contribution < -0.4 is 10.1 Å². The van der Waals surface area contributed by atoms with Crippen LogP contribution in [0.25, 0.3) is 11.3 Å². The molecule has 0 aliphatic carbocycles. The molecule has 1 N–H and O–H groups in total. The fraction of sp³-hybridized carbons (Fsp3) is 0.190. The summed E-state index contributed by atoms with van der Waals surface area (Å²) in [5.41, 5.74) is 1.83. The van der Waals surface area contributed by atoms with Crippen LogP contribution in [-0.2, 0) is 16.1 Å². The number of para-hydroxylation sites is 1. The number of nitrogens with one attached hydrogen (secondary N) is 1. The van der Waals surface area contributed by atoms with E-state index in [0.29, 0.717) is 22.8 Å². The second kappa shape index (κ2) is 9.36. The molecule has 0 unspecified atom stereocenters. The summed E-state index contributed by atoms with van der Waals surface area (Å²) in [5.74, 6) is 0.331. The molecule has 28 heavy (non-hydrogen) atoms. The predicted molar refractivity (Wildman–Crippen MR) is 102 cm³/mol. The Morgan fingerprint density at radius 3 is 2.61 bits per heavy atom. The van der Waals surface area contributed by atoms with Crippen molar-refractivity contribution in [1.82, 2.24) is 10.5 Å². The third-order valence-electron chi connectivity index (χ3n) is 3.96. The fourth-order valence-corrected chi connectivity index (χ4v) is 2.55. The molecule has 0 fully saturated rings. The molecule has 144 valence electrons. The number of ether oxygens (including phenoxy) is 2. The van der Waals surface area contributed by atoms with E-state index in [1.54, 1.807) is 30.3 Å². The van der Waals surface area contributed by atoms with Crippen molar-refractivity contribution in [3.63, 3.8) is 0 Å². The lowest BCUT2D eigenvalue weighted by atomic mass is 10.2. The number of nitrogens with zero attached hydrogens (tertiary/aromatic N) is 1. The normalized spacial score (nSPS) is 10.3. The highest BCUT2D eigenvalue weighted by atomic mass is 16.5. The summed E-state index contributed by atoms with van der Waals surface area (Å²) < 4.78 is 15.6. The first kappa shape index (κ1) is 19.2. The van der Waals surface area contributed by atoms with E-state index in [1.807, 2.05) is 30.3 Å². The van der Waals surface area contributed by atoms with Crippen LogP contribution in [0.5, 0.6) is 5.75 Å². The minimum atomic E-state index is -0.440. The first-order valence-corrected chi connectivity index (χ1v) is 8.75. The first-order chi connectivity index (χ1) is 13.7. The molecule has 3 aromatic rings. The molecule has 1 amide bonds. The third-order valence-corrected chi connectivity index (χ3v) is 3.96. The van der Waals surface area contributed by atoms with Gasteiger partial charge in [-0.05, 0) is 12.1 Å². The van der Waals surface area contributed by atoms with Crippen LogP contribution in [0.2, 0.25) is 0 Å². The van der Waals surface area contributed by atoms with Crippen LogP contribution in [-0.4, -0.2) is 30.7 Å². The van der Waals surface area contributed by atoms with Gasteiger partial charge in [0.1, 0.15) is 18.1 Å². The molecule has 0 radical (unpaired) electrons. The Balaban J connectivity index is 1.43. The second-order valence-corrected chi connectivity index (χ2v) is 5.92. The number of hydrogen-bond acceptors (Lipinski definition) is 6. The maximum atomic E-state index is 12.2. The van der Waals surface area contributed by atoms with Gasteiger partial charge in [-0.1, -0.05) is 47.6 Å². The molecule has 7 heteroatoms. The van der Waals surface area contributed by atoms with E-state index in [1.165, 1.54) is 7.11 Å². The summed E-state index contributed by atoms with van der Waals surface area (Å²) in [4.78, 5) is 24.0. The van der Waals surface area contributed by atoms with Crippen LogP contribution in [0.15, 0.2) is 65.2 Å². The van der Waals surface area contributed by atoms with E-state index in [2.05, 4.69) is 10.5 Å². The summed E-state index contributed by atoms with van der Waals surface area (Å²) >= 11 is 0. The van der Waals surface area contributed by atoms with E-state index >= 15 is 0 Å². The number of methoxy groups -OCH3 is 1. The molecular weight excluding hydrogens is 360 g/mol. The number of carbonyl (C=O) groups excluding carboxylic acids is 2. The zero-order chi connectivity index (χ0) is 19.8. The standard InChI is InChI=1S/C21H20N2O5/c1-26-18-10-6-5-9-17(18)21(25)22-12-11-20(24)27-14-16-13-19(28-23-16)15-7-3-2-4-8-15/h2-10,13H,11-12,14H2,1H3,(H,22,25). The van der Waals surface area contributed by atoms with Gasteiger partial charge in [0, 0.05) is 18.2 Å². The molecule has 1 aromatic heterocycles. The average molecular weight is 380 g/mol. The van der Waals surface area contributed by atoms with Gasteiger partial charge < -0.3 is 19.3 Å². The molecule has 0 aliphatic rings. The van der Waals surface area contributed by atoms with Crippen molar-refractivity contribution in [1.29, 1.82) is 0 Å². The van der Waals surface area contributed by atoms with Gasteiger partial charge in [-0.2, -0.15) is 0 Å². The Kier molecular flexibility index (Phi) is 6.41. The SMILES string of the molecule is COc1ccccc1C(=O)NCCC(=O)OCc1cc(-c2ccccc2)on1. The summed E-state index contributed by atoms with van der Waals surface area (Å²) in [6, 6.07) is 18.1. The second-order valence-electron chi connectivity index (χ2n) is 5.92. The summed E-state index contributed by atoms with van der Waals surface area (Å²) in [5, 5.41) is 6.57. The molecule has 0 atom stereocenters. The van der Waals surface area contributed by atoms with Gasteiger partial charge in [0.25, 0.3) is 5.91 Å². The van der Waals surface area contributed by atoms with Gasteiger partial charge in [0.05, 0.1) is 19.1 Å². The number of carbonyl (C=O) groups is 2. The van der Waals surface area contributed by atoms with Crippen molar-refractivity contribution >= 4 is 11.9 Å². The number of hydrogen-bond donors (Lipinski definition) is 1. The molecule has 2 aromatic carbocycles. The van der Waals surface area contributed by atoms with Crippen LogP contribution in [0.4, 0.5) is 0 Å². The predicted octanol–water partition coefficient (Wildman–Crippen LogP) is 3.21. The number of benzene rings is 2. The number of aromatic nitrogens is 1. The highest BCUT2D eigenvalue weighted by molar-refractivity contribution is 5.97. The minimum absolute atomic E-state index is 0.00955. The van der Waals surface area contributed by atoms with Crippen molar-refractivity contribution in [3.05, 3.63) is 71.9 Å². The Bertz CT molecular complexity index is 937. The Morgan fingerprint density at radius 1 is 1.07 bits per heavy atom. The van der Waals surface area contributed by atoms with Crippen molar-refractivity contribution in [2.24, 2.45) is 0 Å². The maximum Gasteiger partial charge on any atom is 0.307 e. The van der Waals surface area contributed by atoms with Crippen molar-refractivity contribution in [2.45, 2.75) is 13.0 Å². The van der Waals surface area contributed by atoms with Crippen molar-refractivity contribution < 1.29 is 23.6 Å². The summed E-state index contributed by atoms with van der Waals surface area (Å²) in [6.07, 6.45) is 0.0459. The Hall–Kier alpha value is -3.61. The van der Waals surface area contributed by atoms with E-state index < -0.39 is 5.97 Å². The highest BCUT2D eigenvalue weighted by Gasteiger charge is 2.13. The lowest BCUT2D eigenvalue weighted by Crippen LogP contribution is -2.26. The smallest absolute Gasteiger partial charge is 0.307 e. The van der Waals surface area contributed by atoms with Crippen LogP contribution in [0.1, 0.15) is 22.5 Å². The third kappa shape index (κ3) is 4.97. The van der Waals surface area contributed by atoms with E-state index in [4.69, 9.17) is 14.0 Å². The molecule has 0 spiro atoms. The minimum Gasteiger partial charge on any atom is -0.496 e. The van der Waals surface area contributed by atoms with Gasteiger partial charge in [-0.15, -0.1) is 0 Å². The monoisotopic (exact) mass is 380 g/mol. The quantitative estimate of drug-likeness (QED) is 0.604. The molecule has 7 nitrogen and oxygen atoms in total. The lowest BCUT2D eigenvalue weighted by molar-refractivity contribution is -0.144. The van der Waals surface area contributed by atoms with Crippen LogP contribution in [0, 0.1) is 0 Å². The van der Waals surface area contributed by atoms with Crippen molar-refractivity contribution in [3.8, 4) is 17.1 Å². The number of rotatable bonds is 8. The van der Waals surface area contributed by atoms with E-state index in [0.717, 1.165) is 5.56 Å². The maximum absolute atomic E-state index is 12.2. The summed E-state index contributed by atoms with van der Waals surface area (Å²) in [6.45, 7) is 0.166. The Labute approximate surface area is 162 Å². The Morgan fingerprint density at radius 2 is 1.82 bits per heavy atom. The van der Waals surface area contributed by atoms with E-state index in [9.17, 15) is 9.59 Å². The first-order valence-electron chi connectivity index (χ1n) is 8.75. The number of amides is 1.